The molecule has 0 radical (unpaired) electrons. The number of carbonyl (C=O) groups excluding carboxylic acids is 2. The van der Waals surface area contributed by atoms with Gasteiger partial charge in [-0.05, 0) is 42.8 Å². The van der Waals surface area contributed by atoms with Gasteiger partial charge in [-0.15, -0.1) is 0 Å². The van der Waals surface area contributed by atoms with E-state index < -0.39 is 0 Å². The molecule has 0 bridgehead atoms. The molecule has 0 spiro atoms. The van der Waals surface area contributed by atoms with Crippen molar-refractivity contribution >= 4 is 11.7 Å². The number of rotatable bonds is 8. The Morgan fingerprint density at radius 3 is 2.55 bits per heavy atom. The molecule has 1 aromatic heterocycles. The van der Waals surface area contributed by atoms with Crippen LogP contribution in [0.2, 0.25) is 0 Å². The maximum atomic E-state index is 12.8. The van der Waals surface area contributed by atoms with Gasteiger partial charge in [-0.2, -0.15) is 0 Å². The first-order valence-electron chi connectivity index (χ1n) is 7.23. The van der Waals surface area contributed by atoms with Gasteiger partial charge in [0.05, 0.1) is 6.26 Å². The third-order valence-corrected chi connectivity index (χ3v) is 3.25. The number of halogens is 1. The molecule has 1 heterocycles. The van der Waals surface area contributed by atoms with Gasteiger partial charge in [-0.3, -0.25) is 9.59 Å². The van der Waals surface area contributed by atoms with Crippen molar-refractivity contribution in [1.29, 1.82) is 0 Å². The first kappa shape index (κ1) is 15.9. The van der Waals surface area contributed by atoms with Crippen LogP contribution in [0.5, 0.6) is 0 Å². The van der Waals surface area contributed by atoms with Gasteiger partial charge >= 0.3 is 0 Å². The van der Waals surface area contributed by atoms with E-state index in [-0.39, 0.29) is 23.9 Å². The molecule has 2 rings (SSSR count). The van der Waals surface area contributed by atoms with Gasteiger partial charge in [-0.25, -0.2) is 4.39 Å². The van der Waals surface area contributed by atoms with E-state index in [1.54, 1.807) is 12.3 Å². The maximum Gasteiger partial charge on any atom is 0.220 e. The highest BCUT2D eigenvalue weighted by Gasteiger charge is 2.08. The summed E-state index contributed by atoms with van der Waals surface area (Å²) in [6, 6.07) is 9.09. The lowest BCUT2D eigenvalue weighted by atomic mass is 10.1. The van der Waals surface area contributed by atoms with Crippen LogP contribution in [0.4, 0.5) is 4.39 Å². The summed E-state index contributed by atoms with van der Waals surface area (Å²) in [4.78, 5) is 23.5. The van der Waals surface area contributed by atoms with Crippen molar-refractivity contribution in [3.05, 3.63) is 59.8 Å². The Morgan fingerprint density at radius 2 is 1.86 bits per heavy atom. The monoisotopic (exact) mass is 303 g/mol. The quantitative estimate of drug-likeness (QED) is 0.762. The standard InChI is InChI=1S/C17H18FNO3/c18-14-8-6-13(7-9-14)16(20)4-1-5-17(21)19-11-10-15-3-2-12-22-15/h2-3,6-9,12H,1,4-5,10-11H2,(H,19,21). The van der Waals surface area contributed by atoms with Gasteiger partial charge in [0.15, 0.2) is 5.78 Å². The summed E-state index contributed by atoms with van der Waals surface area (Å²) in [5.41, 5.74) is 0.472. The van der Waals surface area contributed by atoms with E-state index in [0.717, 1.165) is 5.76 Å². The third kappa shape index (κ3) is 5.16. The fourth-order valence-corrected chi connectivity index (χ4v) is 2.06. The van der Waals surface area contributed by atoms with E-state index in [0.29, 0.717) is 31.4 Å². The van der Waals surface area contributed by atoms with Crippen molar-refractivity contribution in [3.8, 4) is 0 Å². The first-order valence-corrected chi connectivity index (χ1v) is 7.23. The molecule has 0 unspecified atom stereocenters. The molecule has 1 N–H and O–H groups in total. The Morgan fingerprint density at radius 1 is 1.09 bits per heavy atom. The molecule has 1 amide bonds. The largest absolute Gasteiger partial charge is 0.469 e. The molecule has 0 saturated heterocycles. The van der Waals surface area contributed by atoms with Gasteiger partial charge in [-0.1, -0.05) is 0 Å². The van der Waals surface area contributed by atoms with Crippen molar-refractivity contribution in [2.75, 3.05) is 6.54 Å². The number of amides is 1. The lowest BCUT2D eigenvalue weighted by Gasteiger charge is -2.04. The van der Waals surface area contributed by atoms with Crippen molar-refractivity contribution in [2.24, 2.45) is 0 Å². The van der Waals surface area contributed by atoms with Gasteiger partial charge in [0.25, 0.3) is 0 Å². The summed E-state index contributed by atoms with van der Waals surface area (Å²) in [5.74, 6) is 0.293. The molecule has 0 aliphatic rings. The zero-order chi connectivity index (χ0) is 15.8. The lowest BCUT2D eigenvalue weighted by molar-refractivity contribution is -0.121. The van der Waals surface area contributed by atoms with Crippen LogP contribution in [-0.2, 0) is 11.2 Å². The number of Topliss-reactive ketones (excluding diaryl/α,β-unsaturated/α-hetero) is 1. The number of hydrogen-bond donors (Lipinski definition) is 1. The van der Waals surface area contributed by atoms with Crippen LogP contribution in [0.15, 0.2) is 47.1 Å². The fourth-order valence-electron chi connectivity index (χ4n) is 2.06. The molecular formula is C17H18FNO3. The number of carbonyl (C=O) groups is 2. The Labute approximate surface area is 128 Å². The molecule has 4 nitrogen and oxygen atoms in total. The summed E-state index contributed by atoms with van der Waals surface area (Å²) in [7, 11) is 0. The Hall–Kier alpha value is -2.43. The lowest BCUT2D eigenvalue weighted by Crippen LogP contribution is -2.25. The molecule has 2 aromatic rings. The van der Waals surface area contributed by atoms with Gasteiger partial charge in [0, 0.05) is 31.4 Å². The number of hydrogen-bond acceptors (Lipinski definition) is 3. The van der Waals surface area contributed by atoms with Crippen LogP contribution in [0, 0.1) is 5.82 Å². The molecule has 0 aliphatic carbocycles. The number of furan rings is 1. The molecule has 0 fully saturated rings. The molecule has 5 heteroatoms. The Balaban J connectivity index is 1.62. The van der Waals surface area contributed by atoms with E-state index in [1.165, 1.54) is 24.3 Å². The number of benzene rings is 1. The van der Waals surface area contributed by atoms with E-state index >= 15 is 0 Å². The van der Waals surface area contributed by atoms with Crippen molar-refractivity contribution in [2.45, 2.75) is 25.7 Å². The first-order chi connectivity index (χ1) is 10.6. The minimum absolute atomic E-state index is 0.0802. The molecule has 0 saturated carbocycles. The van der Waals surface area contributed by atoms with E-state index in [1.807, 2.05) is 6.07 Å². The van der Waals surface area contributed by atoms with Crippen molar-refractivity contribution in [1.82, 2.24) is 5.32 Å². The molecule has 22 heavy (non-hydrogen) atoms. The average molecular weight is 303 g/mol. The second-order valence-electron chi connectivity index (χ2n) is 4.96. The molecule has 0 aliphatic heterocycles. The van der Waals surface area contributed by atoms with Crippen LogP contribution >= 0.6 is 0 Å². The van der Waals surface area contributed by atoms with Crippen molar-refractivity contribution in [3.63, 3.8) is 0 Å². The topological polar surface area (TPSA) is 59.3 Å². The number of ketones is 1. The second-order valence-corrected chi connectivity index (χ2v) is 4.96. The van der Waals surface area contributed by atoms with Gasteiger partial charge in [0.1, 0.15) is 11.6 Å². The Bertz CT molecular complexity index is 605. The van der Waals surface area contributed by atoms with E-state index in [4.69, 9.17) is 4.42 Å². The summed E-state index contributed by atoms with van der Waals surface area (Å²) in [5, 5.41) is 2.78. The fraction of sp³-hybridized carbons (Fsp3) is 0.294. The highest BCUT2D eigenvalue weighted by atomic mass is 19.1. The van der Waals surface area contributed by atoms with Crippen LogP contribution < -0.4 is 5.32 Å². The molecule has 1 aromatic carbocycles. The Kier molecular flexibility index (Phi) is 5.89. The van der Waals surface area contributed by atoms with Crippen LogP contribution in [-0.4, -0.2) is 18.2 Å². The number of nitrogens with one attached hydrogen (secondary N) is 1. The normalized spacial score (nSPS) is 10.4. The zero-order valence-electron chi connectivity index (χ0n) is 12.2. The minimum Gasteiger partial charge on any atom is -0.469 e. The summed E-state index contributed by atoms with van der Waals surface area (Å²) >= 11 is 0. The summed E-state index contributed by atoms with van der Waals surface area (Å²) < 4.78 is 17.9. The average Bonchev–Trinajstić information content (AvgIpc) is 3.01. The predicted molar refractivity (Wildman–Crippen MR) is 80.0 cm³/mol. The molecule has 0 atom stereocenters. The van der Waals surface area contributed by atoms with Crippen LogP contribution in [0.3, 0.4) is 0 Å². The van der Waals surface area contributed by atoms with Crippen LogP contribution in [0.1, 0.15) is 35.4 Å². The van der Waals surface area contributed by atoms with Crippen molar-refractivity contribution < 1.29 is 18.4 Å². The zero-order valence-corrected chi connectivity index (χ0v) is 12.2. The SMILES string of the molecule is O=C(CCCC(=O)c1ccc(F)cc1)NCCc1ccco1. The smallest absolute Gasteiger partial charge is 0.220 e. The van der Waals surface area contributed by atoms with Gasteiger partial charge in [0.2, 0.25) is 5.91 Å². The molecular weight excluding hydrogens is 285 g/mol. The third-order valence-electron chi connectivity index (χ3n) is 3.25. The van der Waals surface area contributed by atoms with Crippen LogP contribution in [0.25, 0.3) is 0 Å². The minimum atomic E-state index is -0.368. The summed E-state index contributed by atoms with van der Waals surface area (Å²) in [6.45, 7) is 0.512. The van der Waals surface area contributed by atoms with E-state index in [2.05, 4.69) is 5.32 Å². The highest BCUT2D eigenvalue weighted by Crippen LogP contribution is 2.08. The van der Waals surface area contributed by atoms with E-state index in [9.17, 15) is 14.0 Å². The highest BCUT2D eigenvalue weighted by molar-refractivity contribution is 5.96. The predicted octanol–water partition coefficient (Wildman–Crippen LogP) is 3.13. The summed E-state index contributed by atoms with van der Waals surface area (Å²) in [6.07, 6.45) is 3.29. The second kappa shape index (κ2) is 8.12. The van der Waals surface area contributed by atoms with Gasteiger partial charge < -0.3 is 9.73 Å². The maximum absolute atomic E-state index is 12.8. The molecule has 116 valence electrons.